The number of aromatic carboxylic acids is 1. The molecule has 0 aliphatic carbocycles. The van der Waals surface area contributed by atoms with Crippen LogP contribution >= 0.6 is 0 Å². The van der Waals surface area contributed by atoms with Crippen molar-refractivity contribution in [3.63, 3.8) is 0 Å². The minimum atomic E-state index is -1.03. The summed E-state index contributed by atoms with van der Waals surface area (Å²) in [6.45, 7) is 0. The maximum Gasteiger partial charge on any atom is 0.335 e. The number of hydrogen-bond acceptors (Lipinski definition) is 4. The van der Waals surface area contributed by atoms with Crippen LogP contribution < -0.4 is 11.5 Å². The largest absolute Gasteiger partial charge is 0.478 e. The smallest absolute Gasteiger partial charge is 0.335 e. The Morgan fingerprint density at radius 1 is 1.14 bits per heavy atom. The van der Waals surface area contributed by atoms with Gasteiger partial charge in [0.25, 0.3) is 0 Å². The molecule has 0 radical (unpaired) electrons. The van der Waals surface area contributed by atoms with Crippen LogP contribution in [0, 0.1) is 11.8 Å². The van der Waals surface area contributed by atoms with E-state index in [9.17, 15) is 9.59 Å². The SMILES string of the molecule is NC(=O)c1cnc(N)c(C#Cc2cccc(C(=O)O)c2)c1. The van der Waals surface area contributed by atoms with E-state index in [2.05, 4.69) is 16.8 Å². The Morgan fingerprint density at radius 2 is 1.90 bits per heavy atom. The third kappa shape index (κ3) is 3.36. The van der Waals surface area contributed by atoms with Gasteiger partial charge in [-0.1, -0.05) is 17.9 Å². The molecule has 0 aliphatic rings. The van der Waals surface area contributed by atoms with E-state index >= 15 is 0 Å². The fourth-order valence-corrected chi connectivity index (χ4v) is 1.58. The van der Waals surface area contributed by atoms with Gasteiger partial charge in [0.15, 0.2) is 0 Å². The Bertz CT molecular complexity index is 788. The molecular weight excluding hydrogens is 270 g/mol. The van der Waals surface area contributed by atoms with E-state index in [0.717, 1.165) is 0 Å². The van der Waals surface area contributed by atoms with E-state index in [1.54, 1.807) is 12.1 Å². The van der Waals surface area contributed by atoms with Gasteiger partial charge in [0.2, 0.25) is 5.91 Å². The Hall–Kier alpha value is -3.33. The molecule has 0 unspecified atom stereocenters. The summed E-state index contributed by atoms with van der Waals surface area (Å²) < 4.78 is 0. The number of nitrogen functional groups attached to an aromatic ring is 1. The molecule has 5 N–H and O–H groups in total. The van der Waals surface area contributed by atoms with Crippen molar-refractivity contribution in [3.05, 3.63) is 58.8 Å². The van der Waals surface area contributed by atoms with E-state index in [0.29, 0.717) is 11.1 Å². The monoisotopic (exact) mass is 281 g/mol. The number of carbonyl (C=O) groups is 2. The number of nitrogens with zero attached hydrogens (tertiary/aromatic N) is 1. The maximum absolute atomic E-state index is 11.1. The summed E-state index contributed by atoms with van der Waals surface area (Å²) in [6.07, 6.45) is 1.27. The van der Waals surface area contributed by atoms with Crippen LogP contribution in [0.1, 0.15) is 31.8 Å². The van der Waals surface area contributed by atoms with Crippen LogP contribution in [0.5, 0.6) is 0 Å². The van der Waals surface area contributed by atoms with Gasteiger partial charge in [-0.25, -0.2) is 9.78 Å². The quantitative estimate of drug-likeness (QED) is 0.705. The molecule has 6 nitrogen and oxygen atoms in total. The molecule has 0 aliphatic heterocycles. The molecule has 0 atom stereocenters. The van der Waals surface area contributed by atoms with Crippen LogP contribution in [0.3, 0.4) is 0 Å². The number of anilines is 1. The van der Waals surface area contributed by atoms with Crippen LogP contribution in [0.4, 0.5) is 5.82 Å². The predicted molar refractivity (Wildman–Crippen MR) is 76.5 cm³/mol. The topological polar surface area (TPSA) is 119 Å². The number of rotatable bonds is 2. The van der Waals surface area contributed by atoms with Gasteiger partial charge in [0.05, 0.1) is 16.7 Å². The second-order valence-electron chi connectivity index (χ2n) is 4.16. The normalized spacial score (nSPS) is 9.52. The number of hydrogen-bond donors (Lipinski definition) is 3. The highest BCUT2D eigenvalue weighted by molar-refractivity contribution is 5.93. The number of nitrogens with two attached hydrogens (primary N) is 2. The molecule has 2 rings (SSSR count). The summed E-state index contributed by atoms with van der Waals surface area (Å²) in [7, 11) is 0. The lowest BCUT2D eigenvalue weighted by Gasteiger charge is -1.99. The summed E-state index contributed by atoms with van der Waals surface area (Å²) in [5.41, 5.74) is 12.0. The van der Waals surface area contributed by atoms with Gasteiger partial charge in [-0.3, -0.25) is 4.79 Å². The lowest BCUT2D eigenvalue weighted by Crippen LogP contribution is -2.12. The summed E-state index contributed by atoms with van der Waals surface area (Å²) in [4.78, 5) is 25.8. The van der Waals surface area contributed by atoms with Crippen LogP contribution in [-0.2, 0) is 0 Å². The van der Waals surface area contributed by atoms with Gasteiger partial charge in [-0.15, -0.1) is 0 Å². The fraction of sp³-hybridized carbons (Fsp3) is 0. The molecule has 1 aromatic heterocycles. The lowest BCUT2D eigenvalue weighted by atomic mass is 10.1. The molecule has 2 aromatic rings. The fourth-order valence-electron chi connectivity index (χ4n) is 1.58. The highest BCUT2D eigenvalue weighted by atomic mass is 16.4. The molecule has 0 saturated heterocycles. The molecule has 1 heterocycles. The van der Waals surface area contributed by atoms with Gasteiger partial charge in [0, 0.05) is 11.8 Å². The zero-order valence-corrected chi connectivity index (χ0v) is 10.8. The first kappa shape index (κ1) is 14.1. The molecule has 0 saturated carbocycles. The number of carboxylic acid groups (broad SMARTS) is 1. The number of aromatic nitrogens is 1. The molecule has 1 aromatic carbocycles. The van der Waals surface area contributed by atoms with Crippen molar-refractivity contribution in [1.82, 2.24) is 4.98 Å². The van der Waals surface area contributed by atoms with Gasteiger partial charge in [0.1, 0.15) is 5.82 Å². The van der Waals surface area contributed by atoms with Crippen molar-refractivity contribution in [3.8, 4) is 11.8 Å². The van der Waals surface area contributed by atoms with E-state index in [4.69, 9.17) is 16.6 Å². The summed E-state index contributed by atoms with van der Waals surface area (Å²) in [5, 5.41) is 8.91. The van der Waals surface area contributed by atoms with Crippen molar-refractivity contribution in [2.75, 3.05) is 5.73 Å². The molecule has 0 fully saturated rings. The molecule has 0 spiro atoms. The third-order valence-electron chi connectivity index (χ3n) is 2.65. The van der Waals surface area contributed by atoms with E-state index in [1.807, 2.05) is 0 Å². The van der Waals surface area contributed by atoms with E-state index in [1.165, 1.54) is 24.4 Å². The van der Waals surface area contributed by atoms with Crippen LogP contribution in [0.2, 0.25) is 0 Å². The van der Waals surface area contributed by atoms with Gasteiger partial charge >= 0.3 is 5.97 Å². The molecule has 104 valence electrons. The Labute approximate surface area is 120 Å². The van der Waals surface area contributed by atoms with E-state index in [-0.39, 0.29) is 16.9 Å². The average molecular weight is 281 g/mol. The number of benzene rings is 1. The molecule has 21 heavy (non-hydrogen) atoms. The Kier molecular flexibility index (Phi) is 3.86. The number of carboxylic acids is 1. The first-order valence-corrected chi connectivity index (χ1v) is 5.88. The van der Waals surface area contributed by atoms with Crippen molar-refractivity contribution < 1.29 is 14.7 Å². The predicted octanol–water partition coefficient (Wildman–Crippen LogP) is 0.861. The number of primary amides is 1. The molecular formula is C15H11N3O3. The summed E-state index contributed by atoms with van der Waals surface area (Å²) in [6, 6.07) is 7.61. The first-order valence-electron chi connectivity index (χ1n) is 5.88. The van der Waals surface area contributed by atoms with Gasteiger partial charge < -0.3 is 16.6 Å². The Balaban J connectivity index is 2.39. The minimum absolute atomic E-state index is 0.138. The average Bonchev–Trinajstić information content (AvgIpc) is 2.46. The first-order chi connectivity index (χ1) is 9.97. The van der Waals surface area contributed by atoms with Crippen LogP contribution in [-0.4, -0.2) is 22.0 Å². The summed E-state index contributed by atoms with van der Waals surface area (Å²) in [5.74, 6) is 4.04. The second-order valence-corrected chi connectivity index (χ2v) is 4.16. The Morgan fingerprint density at radius 3 is 2.57 bits per heavy atom. The van der Waals surface area contributed by atoms with Crippen LogP contribution in [0.15, 0.2) is 36.5 Å². The van der Waals surface area contributed by atoms with Crippen molar-refractivity contribution >= 4 is 17.7 Å². The minimum Gasteiger partial charge on any atom is -0.478 e. The van der Waals surface area contributed by atoms with Crippen molar-refractivity contribution in [2.45, 2.75) is 0 Å². The molecule has 6 heteroatoms. The van der Waals surface area contributed by atoms with Crippen molar-refractivity contribution in [2.24, 2.45) is 5.73 Å². The standard InChI is InChI=1S/C15H11N3O3/c16-13-10(7-12(8-18-13)14(17)19)5-4-9-2-1-3-11(6-9)15(20)21/h1-3,6-8H,(H2,16,18)(H2,17,19)(H,20,21). The third-order valence-corrected chi connectivity index (χ3v) is 2.65. The number of carbonyl (C=O) groups excluding carboxylic acids is 1. The number of pyridine rings is 1. The maximum atomic E-state index is 11.1. The second kappa shape index (κ2) is 5.75. The summed E-state index contributed by atoms with van der Waals surface area (Å²) >= 11 is 0. The number of amides is 1. The zero-order chi connectivity index (χ0) is 15.4. The van der Waals surface area contributed by atoms with E-state index < -0.39 is 11.9 Å². The highest BCUT2D eigenvalue weighted by Crippen LogP contribution is 2.10. The highest BCUT2D eigenvalue weighted by Gasteiger charge is 2.05. The van der Waals surface area contributed by atoms with Gasteiger partial charge in [-0.05, 0) is 24.3 Å². The van der Waals surface area contributed by atoms with Crippen LogP contribution in [0.25, 0.3) is 0 Å². The van der Waals surface area contributed by atoms with Gasteiger partial charge in [-0.2, -0.15) is 0 Å². The zero-order valence-electron chi connectivity index (χ0n) is 10.8. The van der Waals surface area contributed by atoms with Crippen molar-refractivity contribution in [1.29, 1.82) is 0 Å². The lowest BCUT2D eigenvalue weighted by molar-refractivity contribution is 0.0696. The molecule has 1 amide bonds. The molecule has 0 bridgehead atoms.